The number of nitrogens with one attached hydrogen (secondary N) is 3. The van der Waals surface area contributed by atoms with Crippen molar-refractivity contribution in [2.45, 2.75) is 0 Å². The molecule has 0 spiro atoms. The molecule has 3 N–H and O–H groups in total. The summed E-state index contributed by atoms with van der Waals surface area (Å²) in [7, 11) is 1.54. The quantitative estimate of drug-likeness (QED) is 0.113. The molecule has 42 heavy (non-hydrogen) atoms. The maximum absolute atomic E-state index is 11.2. The zero-order valence-electron chi connectivity index (χ0n) is 23.0. The molecular formula is C26H32N6O10. The predicted molar refractivity (Wildman–Crippen MR) is 152 cm³/mol. The molecular weight excluding hydrogens is 556 g/mol. The third-order valence-corrected chi connectivity index (χ3v) is 3.50. The van der Waals surface area contributed by atoms with Crippen molar-refractivity contribution in [1.82, 2.24) is 15.0 Å². The smallest absolute Gasteiger partial charge is 0.330 e. The lowest BCUT2D eigenvalue weighted by atomic mass is 10.5. The number of hydrogen-bond acceptors (Lipinski definition) is 13. The van der Waals surface area contributed by atoms with E-state index in [1.54, 1.807) is 7.11 Å². The fraction of sp³-hybridized carbons (Fsp3) is 0.192. The van der Waals surface area contributed by atoms with Crippen LogP contribution in [0, 0.1) is 0 Å². The Kier molecular flexibility index (Phi) is 22.2. The minimum atomic E-state index is -0.566. The fourth-order valence-corrected chi connectivity index (χ4v) is 1.71. The normalized spacial score (nSPS) is 8.79. The van der Waals surface area contributed by atoms with Gasteiger partial charge in [-0.25, -0.2) is 14.4 Å². The van der Waals surface area contributed by atoms with Gasteiger partial charge in [-0.2, -0.15) is 15.0 Å². The van der Waals surface area contributed by atoms with E-state index in [4.69, 9.17) is 0 Å². The molecule has 0 aliphatic rings. The summed E-state index contributed by atoms with van der Waals surface area (Å²) in [5, 5.41) is 6.84. The van der Waals surface area contributed by atoms with Crippen LogP contribution in [0.1, 0.15) is 0 Å². The molecule has 3 amide bonds. The van der Waals surface area contributed by atoms with E-state index >= 15 is 0 Å². The molecule has 0 radical (unpaired) electrons. The van der Waals surface area contributed by atoms with Crippen LogP contribution in [0.25, 0.3) is 0 Å². The lowest BCUT2D eigenvalue weighted by molar-refractivity contribution is -0.146. The van der Waals surface area contributed by atoms with Gasteiger partial charge in [-0.1, -0.05) is 39.5 Å². The molecule has 226 valence electrons. The van der Waals surface area contributed by atoms with E-state index in [0.717, 1.165) is 36.5 Å². The van der Waals surface area contributed by atoms with E-state index in [1.165, 1.54) is 0 Å². The number of anilines is 3. The summed E-state index contributed by atoms with van der Waals surface area (Å²) >= 11 is 0. The average Bonchev–Trinajstić information content (AvgIpc) is 2.99. The maximum atomic E-state index is 11.2. The molecule has 1 aromatic rings. The van der Waals surface area contributed by atoms with Crippen LogP contribution in [-0.4, -0.2) is 84.1 Å². The second-order valence-corrected chi connectivity index (χ2v) is 6.49. The fourth-order valence-electron chi connectivity index (χ4n) is 1.71. The number of hydrogen-bond donors (Lipinski definition) is 3. The molecule has 0 aliphatic carbocycles. The highest BCUT2D eigenvalue weighted by Gasteiger charge is 2.11. The minimum Gasteiger partial charge on any atom is -0.460 e. The van der Waals surface area contributed by atoms with Gasteiger partial charge in [0.15, 0.2) is 0 Å². The van der Waals surface area contributed by atoms with Crippen molar-refractivity contribution < 1.29 is 47.7 Å². The average molecular weight is 589 g/mol. The first-order valence-corrected chi connectivity index (χ1v) is 11.4. The molecule has 16 nitrogen and oxygen atoms in total. The molecule has 0 aromatic carbocycles. The Morgan fingerprint density at radius 2 is 0.786 bits per heavy atom. The highest BCUT2D eigenvalue weighted by molar-refractivity contribution is 6.00. The topological polar surface area (TPSA) is 214 Å². The number of ether oxygens (including phenoxy) is 4. The molecule has 1 rings (SSSR count). The molecule has 0 unspecified atom stereocenters. The van der Waals surface area contributed by atoms with E-state index in [1.807, 2.05) is 0 Å². The first-order valence-electron chi connectivity index (χ1n) is 11.4. The van der Waals surface area contributed by atoms with Crippen molar-refractivity contribution in [1.29, 1.82) is 0 Å². The summed E-state index contributed by atoms with van der Waals surface area (Å²) in [4.78, 5) is 76.2. The second-order valence-electron chi connectivity index (χ2n) is 6.49. The number of rotatable bonds is 15. The SMILES string of the molecule is C=CC(=O)Nc1nc(NC(=O)C=C)nc(NC(=O)C=C)n1.C=CC(=O)OCCOC.C=CC(=O)OCCOC(=O)C=C. The zero-order chi connectivity index (χ0) is 32.3. The molecule has 1 heterocycles. The molecule has 16 heteroatoms. The van der Waals surface area contributed by atoms with Crippen molar-refractivity contribution in [3.8, 4) is 0 Å². The first kappa shape index (κ1) is 38.4. The van der Waals surface area contributed by atoms with Crippen LogP contribution < -0.4 is 16.0 Å². The maximum Gasteiger partial charge on any atom is 0.330 e. The number of nitrogens with zero attached hydrogens (tertiary/aromatic N) is 3. The summed E-state index contributed by atoms with van der Waals surface area (Å²) in [6.45, 7) is 20.2. The molecule has 1 aromatic heterocycles. The predicted octanol–water partition coefficient (Wildman–Crippen LogP) is 1.05. The Hall–Kier alpha value is -5.77. The molecule has 0 bridgehead atoms. The Bertz CT molecular complexity index is 1050. The van der Waals surface area contributed by atoms with Crippen molar-refractivity contribution in [2.24, 2.45) is 0 Å². The number of esters is 3. The van der Waals surface area contributed by atoms with Crippen LogP contribution in [-0.2, 0) is 47.7 Å². The van der Waals surface area contributed by atoms with E-state index in [0.29, 0.717) is 13.2 Å². The van der Waals surface area contributed by atoms with Crippen LogP contribution in [0.5, 0.6) is 0 Å². The summed E-state index contributed by atoms with van der Waals surface area (Å²) < 4.78 is 18.2. The van der Waals surface area contributed by atoms with Gasteiger partial charge in [-0.05, 0) is 18.2 Å². The minimum absolute atomic E-state index is 0.0322. The Morgan fingerprint density at radius 1 is 0.524 bits per heavy atom. The highest BCUT2D eigenvalue weighted by atomic mass is 16.6. The Balaban J connectivity index is 0. The molecule has 0 saturated carbocycles. The van der Waals surface area contributed by atoms with Crippen molar-refractivity contribution in [3.63, 3.8) is 0 Å². The molecule has 0 atom stereocenters. The van der Waals surface area contributed by atoms with E-state index in [2.05, 4.69) is 89.3 Å². The van der Waals surface area contributed by atoms with Crippen LogP contribution in [0.2, 0.25) is 0 Å². The third kappa shape index (κ3) is 21.2. The summed E-state index contributed by atoms with van der Waals surface area (Å²) in [6, 6.07) is 0. The number of carbonyl (C=O) groups excluding carboxylic acids is 6. The van der Waals surface area contributed by atoms with Gasteiger partial charge in [-0.3, -0.25) is 30.3 Å². The van der Waals surface area contributed by atoms with Crippen LogP contribution >= 0.6 is 0 Å². The number of methoxy groups -OCH3 is 1. The van der Waals surface area contributed by atoms with Gasteiger partial charge in [0.25, 0.3) is 0 Å². The van der Waals surface area contributed by atoms with Crippen molar-refractivity contribution >= 4 is 53.5 Å². The van der Waals surface area contributed by atoms with Gasteiger partial charge in [0.05, 0.1) is 6.61 Å². The lowest BCUT2D eigenvalue weighted by Crippen LogP contribution is -2.18. The molecule has 0 aliphatic heterocycles. The third-order valence-electron chi connectivity index (χ3n) is 3.50. The Labute approximate surface area is 241 Å². The Morgan fingerprint density at radius 3 is 1.00 bits per heavy atom. The van der Waals surface area contributed by atoms with E-state index < -0.39 is 35.6 Å². The summed E-state index contributed by atoms with van der Waals surface area (Å²) in [5.74, 6) is -3.70. The number of aromatic nitrogens is 3. The lowest BCUT2D eigenvalue weighted by Gasteiger charge is -2.07. The van der Waals surface area contributed by atoms with Gasteiger partial charge in [0.1, 0.15) is 19.8 Å². The van der Waals surface area contributed by atoms with Crippen LogP contribution in [0.15, 0.2) is 75.9 Å². The van der Waals surface area contributed by atoms with Crippen molar-refractivity contribution in [3.05, 3.63) is 75.9 Å². The van der Waals surface area contributed by atoms with Gasteiger partial charge in [-0.15, -0.1) is 0 Å². The molecule has 0 saturated heterocycles. The van der Waals surface area contributed by atoms with Crippen LogP contribution in [0.3, 0.4) is 0 Å². The molecule has 0 fully saturated rings. The van der Waals surface area contributed by atoms with Crippen molar-refractivity contribution in [2.75, 3.05) is 49.5 Å². The van der Waals surface area contributed by atoms with Gasteiger partial charge >= 0.3 is 17.9 Å². The summed E-state index contributed by atoms with van der Waals surface area (Å²) in [6.07, 6.45) is 6.22. The standard InChI is InChI=1S/C12H12N6O3.C8H10O4.C6H10O3/c1-4-7(19)13-10-16-11(14-8(20)5-2)18-12(17-10)15-9(21)6-3;1-3-7(9)11-5-6-12-8(10)4-2;1-3-6(7)9-5-4-8-2/h4-6H,1-3H2,(H3,13,14,15,16,17,18,19,20,21);3-4H,1-2,5-6H2;3H,1,4-5H2,2H3. The zero-order valence-corrected chi connectivity index (χ0v) is 23.0. The second kappa shape index (κ2) is 24.3. The van der Waals surface area contributed by atoms with Gasteiger partial charge in [0, 0.05) is 25.3 Å². The monoisotopic (exact) mass is 588 g/mol. The number of amides is 3. The largest absolute Gasteiger partial charge is 0.460 e. The highest BCUT2D eigenvalue weighted by Crippen LogP contribution is 2.09. The number of carbonyl (C=O) groups is 6. The van der Waals surface area contributed by atoms with E-state index in [-0.39, 0.29) is 31.1 Å². The van der Waals surface area contributed by atoms with E-state index in [9.17, 15) is 28.8 Å². The van der Waals surface area contributed by atoms with Crippen LogP contribution in [0.4, 0.5) is 17.8 Å². The summed E-state index contributed by atoms with van der Waals surface area (Å²) in [5.41, 5.74) is 0. The van der Waals surface area contributed by atoms with Gasteiger partial charge < -0.3 is 18.9 Å². The van der Waals surface area contributed by atoms with Gasteiger partial charge in [0.2, 0.25) is 35.6 Å². The first-order chi connectivity index (χ1) is 20.0.